The van der Waals surface area contributed by atoms with Gasteiger partial charge in [0.1, 0.15) is 11.6 Å². The van der Waals surface area contributed by atoms with Crippen LogP contribution >= 0.6 is 0 Å². The van der Waals surface area contributed by atoms with Crippen LogP contribution in [0, 0.1) is 17.2 Å². The highest BCUT2D eigenvalue weighted by molar-refractivity contribution is 5.93. The molecule has 1 rings (SSSR count). The fraction of sp³-hybridized carbons (Fsp3) is 0.333. The Morgan fingerprint density at radius 3 is 2.53 bits per heavy atom. The van der Waals surface area contributed by atoms with Crippen molar-refractivity contribution in [3.8, 4) is 6.07 Å². The van der Waals surface area contributed by atoms with E-state index in [4.69, 9.17) is 10.00 Å². The third-order valence-corrected chi connectivity index (χ3v) is 2.23. The summed E-state index contributed by atoms with van der Waals surface area (Å²) in [4.78, 5) is 11.4. The quantitative estimate of drug-likeness (QED) is 0.401. The van der Waals surface area contributed by atoms with E-state index in [1.165, 1.54) is 0 Å². The molecule has 0 N–H and O–H groups in total. The number of rotatable bonds is 3. The van der Waals surface area contributed by atoms with E-state index in [2.05, 4.69) is 0 Å². The highest BCUT2D eigenvalue weighted by atomic mass is 16.5. The Morgan fingerprint density at radius 2 is 2.07 bits per heavy atom. The smallest absolute Gasteiger partial charge is 0.348 e. The number of esters is 1. The summed E-state index contributed by atoms with van der Waals surface area (Å²) >= 11 is 0. The van der Waals surface area contributed by atoms with Gasteiger partial charge in [-0.15, -0.1) is 0 Å². The van der Waals surface area contributed by atoms with Crippen molar-refractivity contribution in [2.24, 2.45) is 5.92 Å². The number of hydrogen-bond acceptors (Lipinski definition) is 3. The summed E-state index contributed by atoms with van der Waals surface area (Å²) < 4.78 is 4.81. The summed E-state index contributed by atoms with van der Waals surface area (Å²) in [6.45, 7) is 3.78. The topological polar surface area (TPSA) is 50.1 Å². The molecule has 15 heavy (non-hydrogen) atoms. The Morgan fingerprint density at radius 1 is 1.47 bits per heavy atom. The highest BCUT2D eigenvalue weighted by Gasteiger charge is 2.18. The van der Waals surface area contributed by atoms with Gasteiger partial charge < -0.3 is 4.74 Å². The maximum atomic E-state index is 11.4. The number of ether oxygens (including phenoxy) is 1. The second kappa shape index (κ2) is 5.16. The van der Waals surface area contributed by atoms with E-state index in [0.717, 1.165) is 5.57 Å². The lowest BCUT2D eigenvalue weighted by Gasteiger charge is -2.08. The molecule has 3 heteroatoms. The number of carbonyl (C=O) groups excluding carboxylic acids is 1. The molecular weight excluding hydrogens is 190 g/mol. The first-order chi connectivity index (χ1) is 7.20. The highest BCUT2D eigenvalue weighted by Crippen LogP contribution is 2.22. The first-order valence-electron chi connectivity index (χ1n) is 4.83. The lowest BCUT2D eigenvalue weighted by atomic mass is 9.97. The van der Waals surface area contributed by atoms with E-state index in [1.54, 1.807) is 13.8 Å². The van der Waals surface area contributed by atoms with Crippen LogP contribution in [0.4, 0.5) is 0 Å². The molecule has 0 amide bonds. The minimum atomic E-state index is -0.536. The van der Waals surface area contributed by atoms with Gasteiger partial charge >= 0.3 is 5.97 Å². The van der Waals surface area contributed by atoms with E-state index < -0.39 is 5.97 Å². The largest absolute Gasteiger partial charge is 0.462 e. The molecule has 0 heterocycles. The van der Waals surface area contributed by atoms with Gasteiger partial charge in [-0.3, -0.25) is 0 Å². The van der Waals surface area contributed by atoms with Gasteiger partial charge in [0, 0.05) is 5.92 Å². The molecule has 3 nitrogen and oxygen atoms in total. The average Bonchev–Trinajstić information content (AvgIpc) is 2.71. The van der Waals surface area contributed by atoms with Crippen LogP contribution in [-0.4, -0.2) is 12.6 Å². The Bertz CT molecular complexity index is 371. The predicted molar refractivity (Wildman–Crippen MR) is 56.7 cm³/mol. The molecule has 0 fully saturated rings. The monoisotopic (exact) mass is 203 g/mol. The molecule has 0 aromatic heterocycles. The third kappa shape index (κ3) is 2.57. The van der Waals surface area contributed by atoms with Crippen molar-refractivity contribution in [2.75, 3.05) is 6.61 Å². The first-order valence-corrected chi connectivity index (χ1v) is 4.83. The standard InChI is InChI=1S/C12H13NO2/c1-3-15-12(14)11(8-13)9(2)10-6-4-5-7-10/h4-7,10H,3H2,1-2H3. The zero-order valence-corrected chi connectivity index (χ0v) is 8.86. The maximum Gasteiger partial charge on any atom is 0.348 e. The molecule has 0 spiro atoms. The van der Waals surface area contributed by atoms with Crippen LogP contribution in [0.2, 0.25) is 0 Å². The summed E-state index contributed by atoms with van der Waals surface area (Å²) in [6.07, 6.45) is 7.67. The molecule has 0 aromatic rings. The first kappa shape index (κ1) is 11.3. The molecule has 1 aliphatic rings. The second-order valence-corrected chi connectivity index (χ2v) is 3.19. The Labute approximate surface area is 89.3 Å². The summed E-state index contributed by atoms with van der Waals surface area (Å²) in [5.41, 5.74) is 0.846. The van der Waals surface area contributed by atoms with Gasteiger partial charge in [0.15, 0.2) is 0 Å². The van der Waals surface area contributed by atoms with Gasteiger partial charge in [0.25, 0.3) is 0 Å². The molecule has 1 aliphatic carbocycles. The number of carbonyl (C=O) groups is 1. The van der Waals surface area contributed by atoms with Gasteiger partial charge in [0.2, 0.25) is 0 Å². The lowest BCUT2D eigenvalue weighted by molar-refractivity contribution is -0.138. The van der Waals surface area contributed by atoms with Gasteiger partial charge in [-0.25, -0.2) is 4.79 Å². The van der Waals surface area contributed by atoms with Gasteiger partial charge in [-0.05, 0) is 19.4 Å². The van der Waals surface area contributed by atoms with Crippen LogP contribution < -0.4 is 0 Å². The maximum absolute atomic E-state index is 11.4. The molecule has 0 bridgehead atoms. The van der Waals surface area contributed by atoms with Gasteiger partial charge in [-0.2, -0.15) is 5.26 Å². The van der Waals surface area contributed by atoms with E-state index in [0.29, 0.717) is 0 Å². The Balaban J connectivity index is 2.93. The zero-order chi connectivity index (χ0) is 11.3. The summed E-state index contributed by atoms with van der Waals surface area (Å²) in [5, 5.41) is 8.90. The molecule has 0 aromatic carbocycles. The minimum Gasteiger partial charge on any atom is -0.462 e. The number of hydrogen-bond donors (Lipinski definition) is 0. The summed E-state index contributed by atoms with van der Waals surface area (Å²) in [7, 11) is 0. The van der Waals surface area contributed by atoms with Crippen molar-refractivity contribution in [3.05, 3.63) is 35.5 Å². The van der Waals surface area contributed by atoms with Crippen molar-refractivity contribution >= 4 is 5.97 Å². The summed E-state index contributed by atoms with van der Waals surface area (Å²) in [5.74, 6) is -0.491. The fourth-order valence-electron chi connectivity index (χ4n) is 1.39. The van der Waals surface area contributed by atoms with Crippen LogP contribution in [0.5, 0.6) is 0 Å². The van der Waals surface area contributed by atoms with Crippen LogP contribution in [0.3, 0.4) is 0 Å². The van der Waals surface area contributed by atoms with Crippen molar-refractivity contribution in [1.29, 1.82) is 5.26 Å². The van der Waals surface area contributed by atoms with E-state index >= 15 is 0 Å². The zero-order valence-electron chi connectivity index (χ0n) is 8.86. The van der Waals surface area contributed by atoms with E-state index in [9.17, 15) is 4.79 Å². The number of nitriles is 1. The van der Waals surface area contributed by atoms with Crippen LogP contribution in [0.25, 0.3) is 0 Å². The van der Waals surface area contributed by atoms with Crippen molar-refractivity contribution in [1.82, 2.24) is 0 Å². The van der Waals surface area contributed by atoms with Crippen molar-refractivity contribution in [2.45, 2.75) is 13.8 Å². The molecule has 0 saturated carbocycles. The molecular formula is C12H13NO2. The molecule has 0 saturated heterocycles. The SMILES string of the molecule is CCOC(=O)C(C#N)=C(C)C1C=CC=C1. The molecule has 0 aliphatic heterocycles. The molecule has 0 atom stereocenters. The van der Waals surface area contributed by atoms with Crippen LogP contribution in [0.15, 0.2) is 35.5 Å². The molecule has 78 valence electrons. The van der Waals surface area contributed by atoms with Crippen molar-refractivity contribution in [3.63, 3.8) is 0 Å². The lowest BCUT2D eigenvalue weighted by Crippen LogP contribution is -2.10. The Kier molecular flexibility index (Phi) is 3.87. The second-order valence-electron chi connectivity index (χ2n) is 3.19. The van der Waals surface area contributed by atoms with Crippen LogP contribution in [-0.2, 0) is 9.53 Å². The van der Waals surface area contributed by atoms with E-state index in [1.807, 2.05) is 30.4 Å². The average molecular weight is 203 g/mol. The Hall–Kier alpha value is -1.82. The molecule has 0 unspecified atom stereocenters. The number of allylic oxidation sites excluding steroid dienone is 5. The predicted octanol–water partition coefficient (Wildman–Crippen LogP) is 2.13. The fourth-order valence-corrected chi connectivity index (χ4v) is 1.39. The normalized spacial score (nSPS) is 16.1. The van der Waals surface area contributed by atoms with Crippen molar-refractivity contribution < 1.29 is 9.53 Å². The van der Waals surface area contributed by atoms with Gasteiger partial charge in [-0.1, -0.05) is 24.3 Å². The third-order valence-electron chi connectivity index (χ3n) is 2.23. The van der Waals surface area contributed by atoms with E-state index in [-0.39, 0.29) is 18.1 Å². The van der Waals surface area contributed by atoms with Crippen LogP contribution in [0.1, 0.15) is 13.8 Å². The van der Waals surface area contributed by atoms with Gasteiger partial charge in [0.05, 0.1) is 6.61 Å². The molecule has 0 radical (unpaired) electrons. The minimum absolute atomic E-state index is 0.0454. The summed E-state index contributed by atoms with van der Waals surface area (Å²) in [6, 6.07) is 1.90. The number of nitrogens with zero attached hydrogens (tertiary/aromatic N) is 1.